The van der Waals surface area contributed by atoms with Gasteiger partial charge in [-0.15, -0.1) is 0 Å². The van der Waals surface area contributed by atoms with Crippen LogP contribution in [0.3, 0.4) is 0 Å². The number of sulfonamides is 1. The van der Waals surface area contributed by atoms with Crippen LogP contribution >= 0.6 is 11.6 Å². The highest BCUT2D eigenvalue weighted by molar-refractivity contribution is 7.92. The van der Waals surface area contributed by atoms with Gasteiger partial charge in [0.25, 0.3) is 15.9 Å². The van der Waals surface area contributed by atoms with E-state index < -0.39 is 21.7 Å². The summed E-state index contributed by atoms with van der Waals surface area (Å²) in [5.74, 6) is 0.536. The summed E-state index contributed by atoms with van der Waals surface area (Å²) in [6.45, 7) is 2.09. The quantitative estimate of drug-likeness (QED) is 0.398. The van der Waals surface area contributed by atoms with E-state index in [4.69, 9.17) is 11.6 Å². The van der Waals surface area contributed by atoms with E-state index in [9.17, 15) is 17.6 Å². The fourth-order valence-electron chi connectivity index (χ4n) is 3.13. The zero-order valence-electron chi connectivity index (χ0n) is 17.9. The van der Waals surface area contributed by atoms with E-state index in [2.05, 4.69) is 20.0 Å². The number of anilines is 1. The van der Waals surface area contributed by atoms with Crippen molar-refractivity contribution in [3.63, 3.8) is 0 Å². The topological polar surface area (TPSA) is 106 Å². The van der Waals surface area contributed by atoms with E-state index in [1.807, 2.05) is 29.8 Å². The number of benzene rings is 2. The number of imidazole rings is 1. The average Bonchev–Trinajstić information content (AvgIpc) is 3.25. The molecule has 4 rings (SSSR count). The maximum Gasteiger partial charge on any atom is 0.261 e. The van der Waals surface area contributed by atoms with Crippen molar-refractivity contribution in [3.05, 3.63) is 101 Å². The summed E-state index contributed by atoms with van der Waals surface area (Å²) < 4.78 is 42.5. The third-order valence-corrected chi connectivity index (χ3v) is 6.64. The molecule has 11 heteroatoms. The Morgan fingerprint density at radius 1 is 1.09 bits per heavy atom. The average molecular weight is 500 g/mol. The van der Waals surface area contributed by atoms with E-state index in [1.54, 1.807) is 12.4 Å². The Balaban J connectivity index is 1.44. The minimum atomic E-state index is -4.02. The summed E-state index contributed by atoms with van der Waals surface area (Å²) in [5, 5.41) is 2.88. The van der Waals surface area contributed by atoms with Gasteiger partial charge in [-0.3, -0.25) is 14.1 Å². The highest BCUT2D eigenvalue weighted by atomic mass is 35.5. The molecule has 0 bridgehead atoms. The maximum absolute atomic E-state index is 13.1. The van der Waals surface area contributed by atoms with Gasteiger partial charge >= 0.3 is 0 Å². The van der Waals surface area contributed by atoms with Crippen LogP contribution in [0.5, 0.6) is 0 Å². The Morgan fingerprint density at radius 3 is 2.50 bits per heavy atom. The molecule has 0 unspecified atom stereocenters. The van der Waals surface area contributed by atoms with Crippen molar-refractivity contribution in [2.75, 3.05) is 4.72 Å². The van der Waals surface area contributed by atoms with Gasteiger partial charge in [0.05, 0.1) is 15.6 Å². The SMILES string of the molecule is Cc1nccn1-c1ccc(CNC(=O)c2ccc(Cl)c(NS(=O)(=O)c3ccc(F)cc3)c2)cn1. The number of hydrogen-bond donors (Lipinski definition) is 2. The summed E-state index contributed by atoms with van der Waals surface area (Å²) in [4.78, 5) is 21.1. The Morgan fingerprint density at radius 2 is 1.85 bits per heavy atom. The van der Waals surface area contributed by atoms with Crippen molar-refractivity contribution in [3.8, 4) is 5.82 Å². The molecule has 0 saturated carbocycles. The van der Waals surface area contributed by atoms with E-state index >= 15 is 0 Å². The van der Waals surface area contributed by atoms with E-state index in [0.29, 0.717) is 5.82 Å². The van der Waals surface area contributed by atoms with Crippen LogP contribution in [0.15, 0.2) is 78.1 Å². The summed E-state index contributed by atoms with van der Waals surface area (Å²) in [7, 11) is -4.02. The predicted molar refractivity (Wildman–Crippen MR) is 126 cm³/mol. The molecule has 1 amide bonds. The minimum Gasteiger partial charge on any atom is -0.348 e. The lowest BCUT2D eigenvalue weighted by Gasteiger charge is -2.12. The molecule has 2 aromatic carbocycles. The lowest BCUT2D eigenvalue weighted by atomic mass is 10.2. The summed E-state index contributed by atoms with van der Waals surface area (Å²) in [6, 6.07) is 12.2. The number of carbonyl (C=O) groups excluding carboxylic acids is 1. The third-order valence-electron chi connectivity index (χ3n) is 4.93. The number of nitrogens with one attached hydrogen (secondary N) is 2. The van der Waals surface area contributed by atoms with Crippen molar-refractivity contribution in [1.82, 2.24) is 19.9 Å². The number of rotatable bonds is 7. The fourth-order valence-corrected chi connectivity index (χ4v) is 4.42. The molecule has 2 heterocycles. The zero-order chi connectivity index (χ0) is 24.3. The molecule has 0 aliphatic carbocycles. The Bertz CT molecular complexity index is 1440. The largest absolute Gasteiger partial charge is 0.348 e. The van der Waals surface area contributed by atoms with E-state index in [1.165, 1.54) is 18.2 Å². The lowest BCUT2D eigenvalue weighted by molar-refractivity contribution is 0.0951. The van der Waals surface area contributed by atoms with Crippen LogP contribution in [0.4, 0.5) is 10.1 Å². The number of amides is 1. The highest BCUT2D eigenvalue weighted by Gasteiger charge is 2.17. The van der Waals surface area contributed by atoms with Crippen LogP contribution in [0.2, 0.25) is 5.02 Å². The number of carbonyl (C=O) groups is 1. The second kappa shape index (κ2) is 9.62. The smallest absolute Gasteiger partial charge is 0.261 e. The molecule has 0 aliphatic heterocycles. The Labute approximate surface area is 200 Å². The van der Waals surface area contributed by atoms with Crippen molar-refractivity contribution in [1.29, 1.82) is 0 Å². The van der Waals surface area contributed by atoms with Gasteiger partial charge in [-0.05, 0) is 61.0 Å². The molecule has 34 heavy (non-hydrogen) atoms. The monoisotopic (exact) mass is 499 g/mol. The van der Waals surface area contributed by atoms with Crippen LogP contribution in [0.1, 0.15) is 21.7 Å². The van der Waals surface area contributed by atoms with Crippen LogP contribution in [-0.4, -0.2) is 28.9 Å². The molecule has 0 fully saturated rings. The maximum atomic E-state index is 13.1. The van der Waals surface area contributed by atoms with E-state index in [0.717, 1.165) is 35.7 Å². The van der Waals surface area contributed by atoms with Gasteiger partial charge in [0.2, 0.25) is 0 Å². The standard InChI is InChI=1S/C23H19ClFN5O3S/c1-15-26-10-11-30(15)22-9-2-16(13-27-22)14-28-23(31)17-3-8-20(24)21(12-17)29-34(32,33)19-6-4-18(25)5-7-19/h2-13,29H,14H2,1H3,(H,28,31). The summed E-state index contributed by atoms with van der Waals surface area (Å²) in [5.41, 5.74) is 1.02. The molecule has 4 aromatic rings. The van der Waals surface area contributed by atoms with E-state index in [-0.39, 0.29) is 27.7 Å². The first-order valence-electron chi connectivity index (χ1n) is 10.0. The van der Waals surface area contributed by atoms with Crippen LogP contribution in [-0.2, 0) is 16.6 Å². The van der Waals surface area contributed by atoms with Crippen molar-refractivity contribution >= 4 is 33.2 Å². The molecule has 2 aromatic heterocycles. The van der Waals surface area contributed by atoms with Gasteiger partial charge in [0, 0.05) is 30.7 Å². The number of halogens is 2. The first kappa shape index (κ1) is 23.4. The second-order valence-corrected chi connectivity index (χ2v) is 9.40. The van der Waals surface area contributed by atoms with Gasteiger partial charge in [0.15, 0.2) is 0 Å². The highest BCUT2D eigenvalue weighted by Crippen LogP contribution is 2.26. The van der Waals surface area contributed by atoms with Crippen LogP contribution in [0.25, 0.3) is 5.82 Å². The normalized spacial score (nSPS) is 11.3. The van der Waals surface area contributed by atoms with Crippen molar-refractivity contribution < 1.29 is 17.6 Å². The molecular formula is C23H19ClFN5O3S. The van der Waals surface area contributed by atoms with Gasteiger partial charge in [-0.2, -0.15) is 0 Å². The number of aryl methyl sites for hydroxylation is 1. The molecule has 174 valence electrons. The molecule has 8 nitrogen and oxygen atoms in total. The summed E-state index contributed by atoms with van der Waals surface area (Å²) >= 11 is 6.13. The summed E-state index contributed by atoms with van der Waals surface area (Å²) in [6.07, 6.45) is 5.14. The van der Waals surface area contributed by atoms with Gasteiger partial charge in [0.1, 0.15) is 17.5 Å². The number of hydrogen-bond acceptors (Lipinski definition) is 5. The molecule has 0 spiro atoms. The second-order valence-electron chi connectivity index (χ2n) is 7.31. The van der Waals surface area contributed by atoms with Crippen LogP contribution in [0, 0.1) is 12.7 Å². The molecular weight excluding hydrogens is 481 g/mol. The van der Waals surface area contributed by atoms with Gasteiger partial charge in [-0.1, -0.05) is 17.7 Å². The number of nitrogens with zero attached hydrogens (tertiary/aromatic N) is 3. The molecule has 0 atom stereocenters. The first-order chi connectivity index (χ1) is 16.2. The number of pyridine rings is 1. The molecule has 0 aliphatic rings. The molecule has 0 saturated heterocycles. The van der Waals surface area contributed by atoms with Crippen LogP contribution < -0.4 is 10.0 Å². The van der Waals surface area contributed by atoms with Crippen molar-refractivity contribution in [2.24, 2.45) is 0 Å². The molecule has 2 N–H and O–H groups in total. The first-order valence-corrected chi connectivity index (χ1v) is 11.9. The minimum absolute atomic E-state index is 0.0281. The third kappa shape index (κ3) is 5.24. The Hall–Kier alpha value is -3.76. The fraction of sp³-hybridized carbons (Fsp3) is 0.0870. The number of aromatic nitrogens is 3. The lowest BCUT2D eigenvalue weighted by Crippen LogP contribution is -2.23. The van der Waals surface area contributed by atoms with Gasteiger partial charge < -0.3 is 5.32 Å². The van der Waals surface area contributed by atoms with Gasteiger partial charge in [-0.25, -0.2) is 22.8 Å². The Kier molecular flexibility index (Phi) is 6.62. The molecule has 0 radical (unpaired) electrons. The zero-order valence-corrected chi connectivity index (χ0v) is 19.4. The van der Waals surface area contributed by atoms with Crippen molar-refractivity contribution in [2.45, 2.75) is 18.4 Å². The predicted octanol–water partition coefficient (Wildman–Crippen LogP) is 4.10.